The van der Waals surface area contributed by atoms with Crippen LogP contribution in [0, 0.1) is 0 Å². The predicted octanol–water partition coefficient (Wildman–Crippen LogP) is 13.7. The van der Waals surface area contributed by atoms with Gasteiger partial charge in [-0.1, -0.05) is 164 Å². The van der Waals surface area contributed by atoms with Gasteiger partial charge in [0, 0.05) is 10.8 Å². The number of hydrogen-bond donors (Lipinski definition) is 0. The van der Waals surface area contributed by atoms with Crippen LogP contribution in [-0.4, -0.2) is 0 Å². The van der Waals surface area contributed by atoms with E-state index in [1.807, 2.05) is 12.1 Å². The van der Waals surface area contributed by atoms with Crippen molar-refractivity contribution in [1.29, 1.82) is 0 Å². The molecular weight excluding hydrogens is 593 g/mol. The van der Waals surface area contributed by atoms with Gasteiger partial charge in [0.15, 0.2) is 0 Å². The van der Waals surface area contributed by atoms with Crippen molar-refractivity contribution in [3.05, 3.63) is 182 Å². The molecule has 1 nitrogen and oxygen atoms in total. The van der Waals surface area contributed by atoms with Crippen LogP contribution in [0.5, 0.6) is 0 Å². The summed E-state index contributed by atoms with van der Waals surface area (Å²) in [4.78, 5) is 0. The third-order valence-electron chi connectivity index (χ3n) is 10.1. The fraction of sp³-hybridized carbons (Fsp3) is 0. The van der Waals surface area contributed by atoms with E-state index >= 15 is 0 Å². The molecule has 0 saturated carbocycles. The lowest BCUT2D eigenvalue weighted by atomic mass is 9.81. The normalized spacial score (nSPS) is 11.7. The Labute approximate surface area is 284 Å². The maximum Gasteiger partial charge on any atom is 0.136 e. The van der Waals surface area contributed by atoms with E-state index in [2.05, 4.69) is 170 Å². The first kappa shape index (κ1) is 27.7. The van der Waals surface area contributed by atoms with Crippen LogP contribution >= 0.6 is 0 Å². The highest BCUT2D eigenvalue weighted by Gasteiger charge is 2.22. The number of furan rings is 1. The first-order valence-corrected chi connectivity index (χ1v) is 16.9. The van der Waals surface area contributed by atoms with E-state index in [1.54, 1.807) is 0 Å². The fourth-order valence-electron chi connectivity index (χ4n) is 7.94. The predicted molar refractivity (Wildman–Crippen MR) is 208 cm³/mol. The monoisotopic (exact) mass is 622 g/mol. The first-order chi connectivity index (χ1) is 24.3. The fourth-order valence-corrected chi connectivity index (χ4v) is 7.94. The Bertz CT molecular complexity index is 2820. The second-order valence-corrected chi connectivity index (χ2v) is 12.8. The van der Waals surface area contributed by atoms with Crippen molar-refractivity contribution in [3.63, 3.8) is 0 Å². The van der Waals surface area contributed by atoms with E-state index in [0.29, 0.717) is 0 Å². The van der Waals surface area contributed by atoms with Crippen LogP contribution in [0.25, 0.3) is 98.8 Å². The number of hydrogen-bond acceptors (Lipinski definition) is 1. The van der Waals surface area contributed by atoms with Gasteiger partial charge in [-0.05, 0) is 95.0 Å². The maximum absolute atomic E-state index is 6.39. The molecule has 0 bridgehead atoms. The number of benzene rings is 9. The van der Waals surface area contributed by atoms with Gasteiger partial charge in [-0.15, -0.1) is 0 Å². The van der Waals surface area contributed by atoms with Gasteiger partial charge in [0.05, 0.1) is 0 Å². The summed E-state index contributed by atoms with van der Waals surface area (Å²) < 4.78 is 6.39. The van der Waals surface area contributed by atoms with E-state index in [1.165, 1.54) is 71.3 Å². The van der Waals surface area contributed by atoms with Crippen molar-refractivity contribution in [2.45, 2.75) is 0 Å². The molecule has 10 rings (SSSR count). The molecule has 10 aromatic rings. The molecule has 0 fully saturated rings. The molecule has 0 radical (unpaired) electrons. The maximum atomic E-state index is 6.39. The molecule has 1 heterocycles. The Hall–Kier alpha value is -6.44. The largest absolute Gasteiger partial charge is 0.456 e. The zero-order valence-electron chi connectivity index (χ0n) is 26.7. The smallest absolute Gasteiger partial charge is 0.136 e. The van der Waals surface area contributed by atoms with Gasteiger partial charge in [-0.25, -0.2) is 0 Å². The lowest BCUT2D eigenvalue weighted by Crippen LogP contribution is -1.95. The van der Waals surface area contributed by atoms with Crippen molar-refractivity contribution in [2.24, 2.45) is 0 Å². The Morgan fingerprint density at radius 3 is 1.55 bits per heavy atom. The summed E-state index contributed by atoms with van der Waals surface area (Å²) in [7, 11) is 0. The van der Waals surface area contributed by atoms with Crippen molar-refractivity contribution >= 4 is 54.3 Å². The average Bonchev–Trinajstić information content (AvgIpc) is 3.55. The van der Waals surface area contributed by atoms with Gasteiger partial charge >= 0.3 is 0 Å². The lowest BCUT2D eigenvalue weighted by Gasteiger charge is -2.22. The Morgan fingerprint density at radius 2 is 0.816 bits per heavy atom. The van der Waals surface area contributed by atoms with E-state index in [-0.39, 0.29) is 0 Å². The zero-order valence-corrected chi connectivity index (χ0v) is 26.7. The van der Waals surface area contributed by atoms with Crippen LogP contribution in [0.4, 0.5) is 0 Å². The summed E-state index contributed by atoms with van der Waals surface area (Å²) in [5.74, 6) is 0. The van der Waals surface area contributed by atoms with Gasteiger partial charge in [0.2, 0.25) is 0 Å². The van der Waals surface area contributed by atoms with Crippen molar-refractivity contribution in [2.75, 3.05) is 0 Å². The van der Waals surface area contributed by atoms with E-state index < -0.39 is 0 Å². The van der Waals surface area contributed by atoms with Gasteiger partial charge in [-0.3, -0.25) is 0 Å². The SMILES string of the molecule is c1ccc(-c2ccccc2-c2ccc3ccccc3c2-c2c3ccccc3c(-c3ccc4c(c3)oc3ccccc34)c3ccccc23)cc1. The zero-order chi connectivity index (χ0) is 32.3. The summed E-state index contributed by atoms with van der Waals surface area (Å²) in [5, 5.41) is 9.67. The van der Waals surface area contributed by atoms with Crippen LogP contribution in [0.2, 0.25) is 0 Å². The Kier molecular flexibility index (Phi) is 6.25. The lowest BCUT2D eigenvalue weighted by molar-refractivity contribution is 0.669. The standard InChI is InChI=1S/C48H30O/c1-2-14-31(15-3-1)34-17-6-7-19-36(34)43-29-26-32-16-4-5-18-35(32)47(43)48-41-23-10-8-21-39(41)46(40-22-9-11-24-42(40)48)33-27-28-38-37-20-12-13-25-44(37)49-45(38)30-33/h1-30H. The van der Waals surface area contributed by atoms with Crippen LogP contribution in [0.3, 0.4) is 0 Å². The minimum Gasteiger partial charge on any atom is -0.456 e. The van der Waals surface area contributed by atoms with Crippen LogP contribution in [0.1, 0.15) is 0 Å². The molecule has 0 aliphatic heterocycles. The Morgan fingerprint density at radius 1 is 0.265 bits per heavy atom. The molecular formula is C48H30O. The summed E-state index contributed by atoms with van der Waals surface area (Å²) in [5.41, 5.74) is 11.6. The highest BCUT2D eigenvalue weighted by molar-refractivity contribution is 6.25. The minimum absolute atomic E-state index is 0.907. The third kappa shape index (κ3) is 4.33. The minimum atomic E-state index is 0.907. The van der Waals surface area contributed by atoms with Gasteiger partial charge < -0.3 is 4.42 Å². The van der Waals surface area contributed by atoms with Crippen LogP contribution in [-0.2, 0) is 0 Å². The quantitative estimate of drug-likeness (QED) is 0.178. The molecule has 49 heavy (non-hydrogen) atoms. The Balaban J connectivity index is 1.33. The van der Waals surface area contributed by atoms with Gasteiger partial charge in [0.1, 0.15) is 11.2 Å². The number of rotatable bonds is 4. The topological polar surface area (TPSA) is 13.1 Å². The first-order valence-electron chi connectivity index (χ1n) is 16.9. The molecule has 0 unspecified atom stereocenters. The highest BCUT2D eigenvalue weighted by Crippen LogP contribution is 2.49. The molecule has 0 spiro atoms. The molecule has 0 amide bonds. The van der Waals surface area contributed by atoms with Crippen molar-refractivity contribution in [3.8, 4) is 44.5 Å². The molecule has 228 valence electrons. The molecule has 0 atom stereocenters. The second-order valence-electron chi connectivity index (χ2n) is 12.8. The highest BCUT2D eigenvalue weighted by atomic mass is 16.3. The van der Waals surface area contributed by atoms with Crippen molar-refractivity contribution < 1.29 is 4.42 Å². The van der Waals surface area contributed by atoms with E-state index in [4.69, 9.17) is 4.42 Å². The van der Waals surface area contributed by atoms with Crippen LogP contribution < -0.4 is 0 Å². The van der Waals surface area contributed by atoms with Gasteiger partial charge in [0.25, 0.3) is 0 Å². The molecule has 0 aliphatic carbocycles. The van der Waals surface area contributed by atoms with E-state index in [0.717, 1.165) is 27.5 Å². The summed E-state index contributed by atoms with van der Waals surface area (Å²) in [6.45, 7) is 0. The summed E-state index contributed by atoms with van der Waals surface area (Å²) in [6.07, 6.45) is 0. The molecule has 0 aliphatic rings. The van der Waals surface area contributed by atoms with Crippen LogP contribution in [0.15, 0.2) is 186 Å². The summed E-state index contributed by atoms with van der Waals surface area (Å²) in [6, 6.07) is 65.8. The summed E-state index contributed by atoms with van der Waals surface area (Å²) >= 11 is 0. The number of para-hydroxylation sites is 1. The van der Waals surface area contributed by atoms with E-state index in [9.17, 15) is 0 Å². The molecule has 0 N–H and O–H groups in total. The molecule has 1 aromatic heterocycles. The molecule has 0 saturated heterocycles. The van der Waals surface area contributed by atoms with Gasteiger partial charge in [-0.2, -0.15) is 0 Å². The number of fused-ring (bicyclic) bond motifs is 6. The third-order valence-corrected chi connectivity index (χ3v) is 10.1. The molecule has 9 aromatic carbocycles. The van der Waals surface area contributed by atoms with Crippen molar-refractivity contribution in [1.82, 2.24) is 0 Å². The molecule has 1 heteroatoms. The average molecular weight is 623 g/mol. The second kappa shape index (κ2) is 11.1.